The van der Waals surface area contributed by atoms with E-state index in [9.17, 15) is 4.79 Å². The number of aliphatic imine (C=N–C) groups is 1. The molecular weight excluding hydrogens is 392 g/mol. The number of likely N-dealkylation sites (tertiary alicyclic amines) is 1. The van der Waals surface area contributed by atoms with Crippen molar-refractivity contribution in [1.82, 2.24) is 15.5 Å². The number of hydrogen-bond acceptors (Lipinski definition) is 3. The minimum absolute atomic E-state index is 0.0816. The van der Waals surface area contributed by atoms with Gasteiger partial charge in [0.1, 0.15) is 0 Å². The maximum Gasteiger partial charge on any atom is 0.225 e. The lowest BCUT2D eigenvalue weighted by atomic mass is 10.0. The Morgan fingerprint density at radius 2 is 1.87 bits per heavy atom. The molecule has 2 N–H and O–H groups in total. The summed E-state index contributed by atoms with van der Waals surface area (Å²) >= 11 is 2.00. The third kappa shape index (κ3) is 6.40. The van der Waals surface area contributed by atoms with Gasteiger partial charge >= 0.3 is 0 Å². The molecule has 0 atom stereocenters. The molecule has 0 unspecified atom stereocenters. The fourth-order valence-corrected chi connectivity index (χ4v) is 5.81. The summed E-state index contributed by atoms with van der Waals surface area (Å²) in [5.74, 6) is 1.28. The fraction of sp³-hybridized carbons (Fsp3) is 0.667. The van der Waals surface area contributed by atoms with Crippen molar-refractivity contribution in [1.29, 1.82) is 0 Å². The number of carbonyl (C=O) groups excluding carboxylic acids is 1. The van der Waals surface area contributed by atoms with Crippen LogP contribution in [0.2, 0.25) is 0 Å². The molecule has 1 aliphatic heterocycles. The number of nitrogens with one attached hydrogen (secondary N) is 2. The number of guanidine groups is 1. The molecule has 1 amide bonds. The summed E-state index contributed by atoms with van der Waals surface area (Å²) in [7, 11) is 0. The van der Waals surface area contributed by atoms with Crippen molar-refractivity contribution < 1.29 is 4.79 Å². The van der Waals surface area contributed by atoms with Gasteiger partial charge in [0.25, 0.3) is 0 Å². The van der Waals surface area contributed by atoms with Crippen LogP contribution in [0, 0.1) is 5.92 Å². The quantitative estimate of drug-likeness (QED) is 0.500. The van der Waals surface area contributed by atoms with Gasteiger partial charge in [-0.2, -0.15) is 0 Å². The highest BCUT2D eigenvalue weighted by Gasteiger charge is 2.35. The molecule has 0 spiro atoms. The molecule has 1 aliphatic carbocycles. The van der Waals surface area contributed by atoms with E-state index in [4.69, 9.17) is 4.99 Å². The van der Waals surface area contributed by atoms with E-state index in [1.54, 1.807) is 0 Å². The predicted molar refractivity (Wildman–Crippen MR) is 127 cm³/mol. The maximum atomic E-state index is 12.2. The maximum absolute atomic E-state index is 12.2. The number of carbonyl (C=O) groups is 1. The molecule has 5 nitrogen and oxygen atoms in total. The van der Waals surface area contributed by atoms with E-state index in [2.05, 4.69) is 47.9 Å². The normalized spacial score (nSPS) is 19.9. The Hall–Kier alpha value is -1.69. The molecular formula is C24H38N4OS. The van der Waals surface area contributed by atoms with Crippen LogP contribution < -0.4 is 10.6 Å². The first-order chi connectivity index (χ1) is 14.5. The van der Waals surface area contributed by atoms with Gasteiger partial charge in [0.15, 0.2) is 5.96 Å². The van der Waals surface area contributed by atoms with Crippen LogP contribution >= 0.6 is 11.8 Å². The second kappa shape index (κ2) is 11.1. The van der Waals surface area contributed by atoms with E-state index in [1.165, 1.54) is 30.6 Å². The fourth-order valence-electron chi connectivity index (χ4n) is 4.40. The number of amides is 1. The summed E-state index contributed by atoms with van der Waals surface area (Å²) in [4.78, 5) is 20.6. The lowest BCUT2D eigenvalue weighted by Gasteiger charge is -2.34. The van der Waals surface area contributed by atoms with Gasteiger partial charge in [-0.3, -0.25) is 9.79 Å². The Kier molecular flexibility index (Phi) is 8.49. The Labute approximate surface area is 186 Å². The van der Waals surface area contributed by atoms with Gasteiger partial charge in [0.2, 0.25) is 5.91 Å². The van der Waals surface area contributed by atoms with Gasteiger partial charge in [-0.25, -0.2) is 0 Å². The lowest BCUT2D eigenvalue weighted by molar-refractivity contribution is -0.135. The Balaban J connectivity index is 1.59. The monoisotopic (exact) mass is 430 g/mol. The van der Waals surface area contributed by atoms with Crippen LogP contribution in [0.25, 0.3) is 0 Å². The molecule has 1 saturated carbocycles. The Morgan fingerprint density at radius 3 is 2.47 bits per heavy atom. The van der Waals surface area contributed by atoms with E-state index in [0.717, 1.165) is 45.0 Å². The van der Waals surface area contributed by atoms with Gasteiger partial charge < -0.3 is 15.5 Å². The summed E-state index contributed by atoms with van der Waals surface area (Å²) < 4.78 is 0.205. The van der Waals surface area contributed by atoms with Crippen molar-refractivity contribution in [3.63, 3.8) is 0 Å². The molecule has 0 bridgehead atoms. The summed E-state index contributed by atoms with van der Waals surface area (Å²) in [6.07, 6.45) is 7.00. The summed E-state index contributed by atoms with van der Waals surface area (Å²) in [6, 6.07) is 11.1. The molecule has 2 aliphatic rings. The second-order valence-corrected chi connectivity index (χ2v) is 10.4. The van der Waals surface area contributed by atoms with Crippen LogP contribution in [0.1, 0.15) is 59.3 Å². The third-order valence-electron chi connectivity index (χ3n) is 6.10. The first kappa shape index (κ1) is 23.0. The molecule has 2 fully saturated rings. The number of benzene rings is 1. The van der Waals surface area contributed by atoms with Gasteiger partial charge in [-0.15, -0.1) is 11.8 Å². The average Bonchev–Trinajstić information content (AvgIpc) is 3.21. The van der Waals surface area contributed by atoms with Crippen LogP contribution in [-0.4, -0.2) is 53.7 Å². The third-order valence-corrected chi connectivity index (χ3v) is 7.58. The van der Waals surface area contributed by atoms with Crippen molar-refractivity contribution in [2.45, 2.75) is 75.0 Å². The zero-order valence-electron chi connectivity index (χ0n) is 18.8. The second-order valence-electron chi connectivity index (χ2n) is 8.90. The van der Waals surface area contributed by atoms with Crippen LogP contribution in [0.5, 0.6) is 0 Å². The van der Waals surface area contributed by atoms with E-state index < -0.39 is 0 Å². The van der Waals surface area contributed by atoms with E-state index in [0.29, 0.717) is 6.04 Å². The van der Waals surface area contributed by atoms with Crippen molar-refractivity contribution in [2.24, 2.45) is 10.9 Å². The number of piperidine rings is 1. The SMILES string of the molecule is CCNC(=NCC1(Sc2ccccc2)CCCC1)NC1CCN(C(=O)C(C)C)CC1. The largest absolute Gasteiger partial charge is 0.357 e. The predicted octanol–water partition coefficient (Wildman–Crippen LogP) is 4.29. The van der Waals surface area contributed by atoms with Crippen molar-refractivity contribution in [3.8, 4) is 0 Å². The highest BCUT2D eigenvalue weighted by Crippen LogP contribution is 2.45. The van der Waals surface area contributed by atoms with Crippen LogP contribution in [-0.2, 0) is 4.79 Å². The minimum Gasteiger partial charge on any atom is -0.357 e. The molecule has 0 radical (unpaired) electrons. The minimum atomic E-state index is 0.0816. The van der Waals surface area contributed by atoms with E-state index in [-0.39, 0.29) is 16.6 Å². The van der Waals surface area contributed by atoms with Gasteiger partial charge in [0.05, 0.1) is 6.54 Å². The number of rotatable bonds is 7. The van der Waals surface area contributed by atoms with Gasteiger partial charge in [0, 0.05) is 41.2 Å². The van der Waals surface area contributed by atoms with E-state index in [1.807, 2.05) is 30.5 Å². The topological polar surface area (TPSA) is 56.7 Å². The molecule has 1 heterocycles. The molecule has 1 aromatic rings. The first-order valence-corrected chi connectivity index (χ1v) is 12.4. The summed E-state index contributed by atoms with van der Waals surface area (Å²) in [5, 5.41) is 7.08. The molecule has 1 saturated heterocycles. The summed E-state index contributed by atoms with van der Waals surface area (Å²) in [6.45, 7) is 9.45. The zero-order valence-corrected chi connectivity index (χ0v) is 19.6. The van der Waals surface area contributed by atoms with Crippen molar-refractivity contribution in [2.75, 3.05) is 26.2 Å². The zero-order chi connectivity index (χ0) is 21.4. The number of thioether (sulfide) groups is 1. The Morgan fingerprint density at radius 1 is 1.20 bits per heavy atom. The average molecular weight is 431 g/mol. The van der Waals surface area contributed by atoms with Crippen LogP contribution in [0.15, 0.2) is 40.2 Å². The molecule has 166 valence electrons. The smallest absolute Gasteiger partial charge is 0.225 e. The van der Waals surface area contributed by atoms with E-state index >= 15 is 0 Å². The molecule has 0 aromatic heterocycles. The summed E-state index contributed by atoms with van der Waals surface area (Å²) in [5.41, 5.74) is 0. The number of hydrogen-bond donors (Lipinski definition) is 2. The van der Waals surface area contributed by atoms with Crippen molar-refractivity contribution >= 4 is 23.6 Å². The standard InChI is InChI=1S/C24H38N4OS/c1-4-25-23(27-20-12-16-28(17-13-20)22(29)19(2)3)26-18-24(14-8-9-15-24)30-21-10-6-5-7-11-21/h5-7,10-11,19-20H,4,8-9,12-18H2,1-3H3,(H2,25,26,27). The highest BCUT2D eigenvalue weighted by atomic mass is 32.2. The van der Waals surface area contributed by atoms with Gasteiger partial charge in [-0.1, -0.05) is 44.9 Å². The Bertz CT molecular complexity index is 692. The lowest BCUT2D eigenvalue weighted by Crippen LogP contribution is -2.50. The molecule has 6 heteroatoms. The number of nitrogens with zero attached hydrogens (tertiary/aromatic N) is 2. The van der Waals surface area contributed by atoms with Gasteiger partial charge in [-0.05, 0) is 44.7 Å². The van der Waals surface area contributed by atoms with Crippen LogP contribution in [0.4, 0.5) is 0 Å². The molecule has 1 aromatic carbocycles. The highest BCUT2D eigenvalue weighted by molar-refractivity contribution is 8.00. The van der Waals surface area contributed by atoms with Crippen LogP contribution in [0.3, 0.4) is 0 Å². The molecule has 3 rings (SSSR count). The molecule has 30 heavy (non-hydrogen) atoms. The van der Waals surface area contributed by atoms with Crippen molar-refractivity contribution in [3.05, 3.63) is 30.3 Å². The first-order valence-electron chi connectivity index (χ1n) is 11.6.